The molecule has 0 bridgehead atoms. The third-order valence-corrected chi connectivity index (χ3v) is 7.70. The van der Waals surface area contributed by atoms with Gasteiger partial charge in [-0.3, -0.25) is 9.69 Å². The van der Waals surface area contributed by atoms with Crippen LogP contribution in [0.3, 0.4) is 0 Å². The van der Waals surface area contributed by atoms with Crippen molar-refractivity contribution < 1.29 is 33.6 Å². The largest absolute Gasteiger partial charge is 0.506 e. The van der Waals surface area contributed by atoms with Gasteiger partial charge in [-0.15, -0.1) is 0 Å². The third-order valence-electron chi connectivity index (χ3n) is 7.70. The molecule has 2 aliphatic heterocycles. The van der Waals surface area contributed by atoms with Crippen molar-refractivity contribution in [1.82, 2.24) is 9.80 Å². The first-order chi connectivity index (χ1) is 19.2. The summed E-state index contributed by atoms with van der Waals surface area (Å²) in [6, 6.07) is 12.7. The lowest BCUT2D eigenvalue weighted by atomic mass is 9.90. The number of rotatable bonds is 12. The monoisotopic (exact) mass is 554 g/mol. The Morgan fingerprint density at radius 3 is 2.20 bits per heavy atom. The zero-order valence-electron chi connectivity index (χ0n) is 24.2. The Hall–Kier alpha value is -3.46. The topological polar surface area (TPSA) is 97.8 Å². The van der Waals surface area contributed by atoms with Gasteiger partial charge in [0.15, 0.2) is 11.5 Å². The van der Waals surface area contributed by atoms with Crippen molar-refractivity contribution in [1.29, 1.82) is 0 Å². The average Bonchev–Trinajstić information content (AvgIpc) is 3.52. The molecule has 1 saturated heterocycles. The fourth-order valence-electron chi connectivity index (χ4n) is 5.43. The standard InChI is InChI=1S/C31H42N2O7/c1-20(2)12-14-32(15-13-21(3)4)28(34)18-33-17-25(23-8-11-26-27(16-23)39-19-38-26)30(40-31(35)36)29(33)22-6-9-24(37-5)10-7-22/h6-11,16,20-21,25,29-30H,12-15,17-19H2,1-5H3,(H,35,36)/t25-,29-,30+/m1/s1. The van der Waals surface area contributed by atoms with Gasteiger partial charge in [-0.25, -0.2) is 4.79 Å². The van der Waals surface area contributed by atoms with Gasteiger partial charge in [-0.2, -0.15) is 0 Å². The number of carboxylic acid groups (broad SMARTS) is 1. The van der Waals surface area contributed by atoms with Crippen LogP contribution in [0.4, 0.5) is 4.79 Å². The number of fused-ring (bicyclic) bond motifs is 1. The van der Waals surface area contributed by atoms with Crippen molar-refractivity contribution in [2.75, 3.05) is 40.1 Å². The SMILES string of the molecule is COc1ccc([C@@H]2[C@@H](OC(=O)O)[C@@H](c3ccc4c(c3)OCO4)CN2CC(=O)N(CCC(C)C)CCC(C)C)cc1. The molecule has 0 saturated carbocycles. The molecule has 1 fully saturated rings. The van der Waals surface area contributed by atoms with Gasteiger partial charge in [0.1, 0.15) is 11.9 Å². The van der Waals surface area contributed by atoms with Crippen molar-refractivity contribution >= 4 is 12.1 Å². The molecule has 218 valence electrons. The Balaban J connectivity index is 1.67. The van der Waals surface area contributed by atoms with Crippen molar-refractivity contribution in [3.63, 3.8) is 0 Å². The Bertz CT molecular complexity index is 1140. The summed E-state index contributed by atoms with van der Waals surface area (Å²) in [4.78, 5) is 29.8. The van der Waals surface area contributed by atoms with Gasteiger partial charge < -0.3 is 29.0 Å². The van der Waals surface area contributed by atoms with E-state index >= 15 is 0 Å². The molecule has 2 heterocycles. The van der Waals surface area contributed by atoms with Gasteiger partial charge in [-0.1, -0.05) is 45.9 Å². The van der Waals surface area contributed by atoms with Gasteiger partial charge in [0, 0.05) is 25.6 Å². The number of carbonyl (C=O) groups is 2. The fraction of sp³-hybridized carbons (Fsp3) is 0.548. The lowest BCUT2D eigenvalue weighted by Crippen LogP contribution is -2.42. The fourth-order valence-corrected chi connectivity index (χ4v) is 5.43. The maximum Gasteiger partial charge on any atom is 0.506 e. The molecule has 0 spiro atoms. The van der Waals surface area contributed by atoms with E-state index in [0.717, 1.165) is 24.0 Å². The number of benzene rings is 2. The van der Waals surface area contributed by atoms with Gasteiger partial charge in [-0.05, 0) is 60.1 Å². The van der Waals surface area contributed by atoms with Crippen LogP contribution in [-0.2, 0) is 9.53 Å². The average molecular weight is 555 g/mol. The van der Waals surface area contributed by atoms with Gasteiger partial charge in [0.05, 0.1) is 19.7 Å². The highest BCUT2D eigenvalue weighted by Crippen LogP contribution is 2.45. The first kappa shape index (κ1) is 29.5. The number of hydrogen-bond donors (Lipinski definition) is 1. The van der Waals surface area contributed by atoms with Gasteiger partial charge in [0.25, 0.3) is 0 Å². The van der Waals surface area contributed by atoms with E-state index < -0.39 is 18.3 Å². The second-order valence-electron chi connectivity index (χ2n) is 11.5. The highest BCUT2D eigenvalue weighted by molar-refractivity contribution is 5.78. The summed E-state index contributed by atoms with van der Waals surface area (Å²) in [5.74, 6) is 2.66. The van der Waals surface area contributed by atoms with E-state index in [0.29, 0.717) is 48.7 Å². The molecule has 2 aromatic carbocycles. The second-order valence-corrected chi connectivity index (χ2v) is 11.5. The number of amides is 1. The van der Waals surface area contributed by atoms with Crippen molar-refractivity contribution in [2.24, 2.45) is 11.8 Å². The minimum atomic E-state index is -1.35. The van der Waals surface area contributed by atoms with Crippen LogP contribution in [-0.4, -0.2) is 73.2 Å². The van der Waals surface area contributed by atoms with Crippen LogP contribution in [0.2, 0.25) is 0 Å². The van der Waals surface area contributed by atoms with Crippen molar-refractivity contribution in [2.45, 2.75) is 58.6 Å². The quantitative estimate of drug-likeness (QED) is 0.341. The summed E-state index contributed by atoms with van der Waals surface area (Å²) in [6.45, 7) is 10.8. The molecule has 0 radical (unpaired) electrons. The van der Waals surface area contributed by atoms with Crippen LogP contribution in [0.15, 0.2) is 42.5 Å². The van der Waals surface area contributed by atoms with E-state index in [-0.39, 0.29) is 25.2 Å². The summed E-state index contributed by atoms with van der Waals surface area (Å²) < 4.78 is 22.0. The number of hydrogen-bond acceptors (Lipinski definition) is 7. The van der Waals surface area contributed by atoms with E-state index in [2.05, 4.69) is 32.6 Å². The summed E-state index contributed by atoms with van der Waals surface area (Å²) in [7, 11) is 1.60. The Kier molecular flexibility index (Phi) is 9.79. The Labute approximate surface area is 237 Å². The van der Waals surface area contributed by atoms with Crippen LogP contribution in [0.1, 0.15) is 63.6 Å². The van der Waals surface area contributed by atoms with E-state index in [1.807, 2.05) is 47.4 Å². The highest BCUT2D eigenvalue weighted by Gasteiger charge is 2.47. The highest BCUT2D eigenvalue weighted by atomic mass is 16.7. The molecule has 1 N–H and O–H groups in total. The lowest BCUT2D eigenvalue weighted by molar-refractivity contribution is -0.133. The summed E-state index contributed by atoms with van der Waals surface area (Å²) >= 11 is 0. The summed E-state index contributed by atoms with van der Waals surface area (Å²) in [5.41, 5.74) is 1.74. The zero-order chi connectivity index (χ0) is 28.8. The summed E-state index contributed by atoms with van der Waals surface area (Å²) in [5, 5.41) is 9.76. The van der Waals surface area contributed by atoms with E-state index in [1.54, 1.807) is 7.11 Å². The molecule has 1 amide bonds. The minimum Gasteiger partial charge on any atom is -0.497 e. The Morgan fingerprint density at radius 1 is 0.975 bits per heavy atom. The van der Waals surface area contributed by atoms with Crippen LogP contribution < -0.4 is 14.2 Å². The molecule has 0 unspecified atom stereocenters. The molecule has 2 aliphatic rings. The molecule has 40 heavy (non-hydrogen) atoms. The molecule has 4 rings (SSSR count). The first-order valence-electron chi connectivity index (χ1n) is 14.1. The molecule has 2 aromatic rings. The number of carbonyl (C=O) groups excluding carboxylic acids is 1. The maximum absolute atomic E-state index is 13.8. The summed E-state index contributed by atoms with van der Waals surface area (Å²) in [6.07, 6.45) is -0.233. The molecule has 9 nitrogen and oxygen atoms in total. The van der Waals surface area contributed by atoms with Gasteiger partial charge >= 0.3 is 6.16 Å². The van der Waals surface area contributed by atoms with Gasteiger partial charge in [0.2, 0.25) is 12.7 Å². The molecule has 0 aliphatic carbocycles. The number of ether oxygens (including phenoxy) is 4. The van der Waals surface area contributed by atoms with Crippen LogP contribution in [0.25, 0.3) is 0 Å². The Morgan fingerprint density at radius 2 is 1.60 bits per heavy atom. The molecule has 0 aromatic heterocycles. The van der Waals surface area contributed by atoms with E-state index in [1.165, 1.54) is 0 Å². The van der Waals surface area contributed by atoms with E-state index in [9.17, 15) is 14.7 Å². The molecule has 3 atom stereocenters. The van der Waals surface area contributed by atoms with Crippen LogP contribution in [0.5, 0.6) is 17.2 Å². The lowest BCUT2D eigenvalue weighted by Gasteiger charge is -2.31. The molecular formula is C31H42N2O7. The molecule has 9 heteroatoms. The third kappa shape index (κ3) is 7.18. The van der Waals surface area contributed by atoms with Crippen LogP contribution in [0, 0.1) is 11.8 Å². The second kappa shape index (κ2) is 13.3. The van der Waals surface area contributed by atoms with E-state index in [4.69, 9.17) is 18.9 Å². The normalized spacial score (nSPS) is 20.2. The number of methoxy groups -OCH3 is 1. The maximum atomic E-state index is 13.8. The number of likely N-dealkylation sites (tertiary alicyclic amines) is 1. The van der Waals surface area contributed by atoms with Crippen molar-refractivity contribution in [3.8, 4) is 17.2 Å². The zero-order valence-corrected chi connectivity index (χ0v) is 24.2. The predicted octanol–water partition coefficient (Wildman–Crippen LogP) is 5.55. The van der Waals surface area contributed by atoms with Crippen molar-refractivity contribution in [3.05, 3.63) is 53.6 Å². The molecular weight excluding hydrogens is 512 g/mol. The predicted molar refractivity (Wildman–Crippen MR) is 151 cm³/mol. The first-order valence-corrected chi connectivity index (χ1v) is 14.1. The number of nitrogens with zero attached hydrogens (tertiary/aromatic N) is 2. The minimum absolute atomic E-state index is 0.0419. The smallest absolute Gasteiger partial charge is 0.497 e. The van der Waals surface area contributed by atoms with Crippen LogP contribution >= 0.6 is 0 Å².